The van der Waals surface area contributed by atoms with Gasteiger partial charge in [0, 0.05) is 12.3 Å². The molecule has 12 heavy (non-hydrogen) atoms. The Labute approximate surface area is 76.6 Å². The Balaban J connectivity index is 1.92. The van der Waals surface area contributed by atoms with E-state index >= 15 is 0 Å². The SMILES string of the molecule is O=C(CCCl)N1C2COCC1C2. The molecular formula is C8H12ClNO2. The van der Waals surface area contributed by atoms with Crippen LogP contribution in [0.1, 0.15) is 12.8 Å². The van der Waals surface area contributed by atoms with Crippen LogP contribution in [0, 0.1) is 0 Å². The summed E-state index contributed by atoms with van der Waals surface area (Å²) in [4.78, 5) is 13.4. The summed E-state index contributed by atoms with van der Waals surface area (Å²) in [5.74, 6) is 0.616. The molecular weight excluding hydrogens is 178 g/mol. The Morgan fingerprint density at radius 2 is 2.17 bits per heavy atom. The van der Waals surface area contributed by atoms with E-state index in [1.54, 1.807) is 0 Å². The van der Waals surface area contributed by atoms with Crippen molar-refractivity contribution in [3.05, 3.63) is 0 Å². The summed E-state index contributed by atoms with van der Waals surface area (Å²) in [5.41, 5.74) is 0. The van der Waals surface area contributed by atoms with Gasteiger partial charge in [0.1, 0.15) is 0 Å². The first-order chi connectivity index (χ1) is 5.83. The van der Waals surface area contributed by atoms with Crippen LogP contribution >= 0.6 is 11.6 Å². The van der Waals surface area contributed by atoms with Crippen LogP contribution in [0.5, 0.6) is 0 Å². The Morgan fingerprint density at radius 1 is 1.50 bits per heavy atom. The largest absolute Gasteiger partial charge is 0.377 e. The molecule has 3 nitrogen and oxygen atoms in total. The Morgan fingerprint density at radius 3 is 2.67 bits per heavy atom. The highest BCUT2D eigenvalue weighted by Crippen LogP contribution is 2.31. The fraction of sp³-hybridized carbons (Fsp3) is 0.875. The summed E-state index contributed by atoms with van der Waals surface area (Å²) in [7, 11) is 0. The van der Waals surface area contributed by atoms with Gasteiger partial charge < -0.3 is 9.64 Å². The van der Waals surface area contributed by atoms with Gasteiger partial charge in [0.2, 0.25) is 5.91 Å². The Kier molecular flexibility index (Phi) is 2.24. The van der Waals surface area contributed by atoms with Gasteiger partial charge in [0.05, 0.1) is 25.3 Å². The van der Waals surface area contributed by atoms with E-state index in [9.17, 15) is 4.79 Å². The number of ether oxygens (including phenoxy) is 1. The zero-order valence-electron chi connectivity index (χ0n) is 6.83. The van der Waals surface area contributed by atoms with E-state index in [0.717, 1.165) is 6.42 Å². The smallest absolute Gasteiger partial charge is 0.224 e. The monoisotopic (exact) mass is 189 g/mol. The fourth-order valence-electron chi connectivity index (χ4n) is 1.96. The van der Waals surface area contributed by atoms with Gasteiger partial charge in [0.15, 0.2) is 0 Å². The van der Waals surface area contributed by atoms with Crippen LogP contribution in [0.2, 0.25) is 0 Å². The molecule has 1 amide bonds. The molecule has 2 unspecified atom stereocenters. The summed E-state index contributed by atoms with van der Waals surface area (Å²) in [6.07, 6.45) is 1.59. The van der Waals surface area contributed by atoms with Crippen molar-refractivity contribution in [2.75, 3.05) is 19.1 Å². The molecule has 2 atom stereocenters. The number of halogens is 1. The van der Waals surface area contributed by atoms with Crippen LogP contribution < -0.4 is 0 Å². The molecule has 0 spiro atoms. The highest BCUT2D eigenvalue weighted by Gasteiger charge is 2.44. The summed E-state index contributed by atoms with van der Waals surface area (Å²) < 4.78 is 5.26. The third kappa shape index (κ3) is 1.21. The van der Waals surface area contributed by atoms with Crippen molar-refractivity contribution in [1.29, 1.82) is 0 Å². The third-order valence-electron chi connectivity index (χ3n) is 2.55. The third-order valence-corrected chi connectivity index (χ3v) is 2.74. The second kappa shape index (κ2) is 3.23. The van der Waals surface area contributed by atoms with Crippen molar-refractivity contribution in [2.45, 2.75) is 24.9 Å². The van der Waals surface area contributed by atoms with E-state index in [1.807, 2.05) is 4.90 Å². The van der Waals surface area contributed by atoms with E-state index in [2.05, 4.69) is 0 Å². The fourth-order valence-corrected chi connectivity index (χ4v) is 2.12. The minimum Gasteiger partial charge on any atom is -0.377 e. The van der Waals surface area contributed by atoms with Crippen LogP contribution in [0.15, 0.2) is 0 Å². The predicted octanol–water partition coefficient (Wildman–Crippen LogP) is 0.615. The molecule has 3 rings (SSSR count). The lowest BCUT2D eigenvalue weighted by Gasteiger charge is -2.52. The molecule has 68 valence electrons. The molecule has 3 saturated heterocycles. The average molecular weight is 190 g/mol. The van der Waals surface area contributed by atoms with Gasteiger partial charge in [-0.25, -0.2) is 0 Å². The second-order valence-corrected chi connectivity index (χ2v) is 3.70. The maximum absolute atomic E-state index is 11.4. The Hall–Kier alpha value is -0.280. The Bertz CT molecular complexity index is 183. The molecule has 3 fully saturated rings. The number of morpholine rings is 1. The molecule has 2 bridgehead atoms. The van der Waals surface area contributed by atoms with Crippen LogP contribution in [0.3, 0.4) is 0 Å². The molecule has 3 heterocycles. The predicted molar refractivity (Wildman–Crippen MR) is 45.2 cm³/mol. The van der Waals surface area contributed by atoms with E-state index < -0.39 is 0 Å². The first kappa shape index (κ1) is 8.32. The first-order valence-electron chi connectivity index (χ1n) is 4.28. The number of hydrogen-bond acceptors (Lipinski definition) is 2. The van der Waals surface area contributed by atoms with Gasteiger partial charge in [0.25, 0.3) is 0 Å². The van der Waals surface area contributed by atoms with E-state index in [0.29, 0.717) is 37.6 Å². The minimum atomic E-state index is 0.189. The number of fused-ring (bicyclic) bond motifs is 2. The lowest BCUT2D eigenvalue weighted by Crippen LogP contribution is -2.65. The second-order valence-electron chi connectivity index (χ2n) is 3.32. The molecule has 3 aliphatic heterocycles. The number of carbonyl (C=O) groups is 1. The summed E-state index contributed by atoms with van der Waals surface area (Å²) in [6, 6.07) is 0.693. The average Bonchev–Trinajstić information content (AvgIpc) is 2.05. The molecule has 0 aromatic rings. The van der Waals surface area contributed by atoms with Gasteiger partial charge in [-0.1, -0.05) is 0 Å². The summed E-state index contributed by atoms with van der Waals surface area (Å²) >= 11 is 5.50. The van der Waals surface area contributed by atoms with Crippen molar-refractivity contribution in [1.82, 2.24) is 4.90 Å². The molecule has 0 aliphatic carbocycles. The van der Waals surface area contributed by atoms with Crippen molar-refractivity contribution >= 4 is 17.5 Å². The van der Waals surface area contributed by atoms with Crippen molar-refractivity contribution in [3.8, 4) is 0 Å². The molecule has 4 heteroatoms. The number of hydrogen-bond donors (Lipinski definition) is 0. The van der Waals surface area contributed by atoms with E-state index in [-0.39, 0.29) is 5.91 Å². The molecule has 0 saturated carbocycles. The van der Waals surface area contributed by atoms with Gasteiger partial charge in [-0.3, -0.25) is 4.79 Å². The van der Waals surface area contributed by atoms with Gasteiger partial charge in [-0.2, -0.15) is 0 Å². The van der Waals surface area contributed by atoms with Crippen LogP contribution in [-0.4, -0.2) is 42.0 Å². The van der Waals surface area contributed by atoms with E-state index in [1.165, 1.54) is 0 Å². The molecule has 0 aromatic carbocycles. The zero-order valence-corrected chi connectivity index (χ0v) is 7.59. The zero-order chi connectivity index (χ0) is 8.55. The summed E-state index contributed by atoms with van der Waals surface area (Å²) in [5, 5.41) is 0. The number of rotatable bonds is 2. The maximum Gasteiger partial charge on any atom is 0.224 e. The number of nitrogens with zero attached hydrogens (tertiary/aromatic N) is 1. The number of amides is 1. The van der Waals surface area contributed by atoms with Gasteiger partial charge in [-0.15, -0.1) is 11.6 Å². The van der Waals surface area contributed by atoms with Gasteiger partial charge in [-0.05, 0) is 6.42 Å². The normalized spacial score (nSPS) is 32.9. The van der Waals surface area contributed by atoms with E-state index in [4.69, 9.17) is 16.3 Å². The minimum absolute atomic E-state index is 0.189. The van der Waals surface area contributed by atoms with Crippen molar-refractivity contribution in [3.63, 3.8) is 0 Å². The molecule has 0 aromatic heterocycles. The topological polar surface area (TPSA) is 29.5 Å². The van der Waals surface area contributed by atoms with Crippen molar-refractivity contribution < 1.29 is 9.53 Å². The summed E-state index contributed by atoms with van der Waals surface area (Å²) in [6.45, 7) is 1.43. The maximum atomic E-state index is 11.4. The quantitative estimate of drug-likeness (QED) is 0.596. The highest BCUT2D eigenvalue weighted by atomic mass is 35.5. The van der Waals surface area contributed by atoms with Crippen LogP contribution in [-0.2, 0) is 9.53 Å². The van der Waals surface area contributed by atoms with Crippen LogP contribution in [0.4, 0.5) is 0 Å². The highest BCUT2D eigenvalue weighted by molar-refractivity contribution is 6.18. The standard InChI is InChI=1S/C8H12ClNO2/c9-2-1-8(11)10-6-3-7(10)5-12-4-6/h6-7H,1-5H2. The van der Waals surface area contributed by atoms with Crippen LogP contribution in [0.25, 0.3) is 0 Å². The lowest BCUT2D eigenvalue weighted by atomic mass is 9.91. The lowest BCUT2D eigenvalue weighted by molar-refractivity contribution is -0.166. The molecule has 3 aliphatic rings. The molecule has 0 radical (unpaired) electrons. The first-order valence-corrected chi connectivity index (χ1v) is 4.81. The number of alkyl halides is 1. The number of carbonyl (C=O) groups excluding carboxylic acids is 1. The van der Waals surface area contributed by atoms with Crippen molar-refractivity contribution in [2.24, 2.45) is 0 Å². The van der Waals surface area contributed by atoms with Gasteiger partial charge >= 0.3 is 0 Å². The molecule has 0 N–H and O–H groups in total.